The second-order valence-corrected chi connectivity index (χ2v) is 2.85. The average molecular weight is 191 g/mol. The predicted octanol–water partition coefficient (Wildman–Crippen LogP) is 1.54. The van der Waals surface area contributed by atoms with Crippen LogP contribution in [0, 0.1) is 0 Å². The van der Waals surface area contributed by atoms with E-state index in [0.717, 1.165) is 0 Å². The monoisotopic (exact) mass is 191 g/mol. The Morgan fingerprint density at radius 2 is 2.21 bits per heavy atom. The Bertz CT molecular complexity index is 436. The van der Waals surface area contributed by atoms with Gasteiger partial charge in [-0.1, -0.05) is 6.07 Å². The fourth-order valence-electron chi connectivity index (χ4n) is 1.15. The molecule has 0 unspecified atom stereocenters. The Morgan fingerprint density at radius 1 is 1.36 bits per heavy atom. The van der Waals surface area contributed by atoms with Crippen LogP contribution in [0.25, 0.3) is 11.5 Å². The van der Waals surface area contributed by atoms with Gasteiger partial charge >= 0.3 is 0 Å². The molecule has 2 rings (SSSR count). The van der Waals surface area contributed by atoms with Crippen molar-refractivity contribution in [2.24, 2.45) is 0 Å². The Balaban J connectivity index is 2.39. The van der Waals surface area contributed by atoms with Crippen LogP contribution in [0.4, 0.5) is 0 Å². The Kier molecular flexibility index (Phi) is 2.20. The van der Waals surface area contributed by atoms with Gasteiger partial charge in [0.25, 0.3) is 0 Å². The molecule has 4 nitrogen and oxygen atoms in total. The molecule has 0 saturated heterocycles. The summed E-state index contributed by atoms with van der Waals surface area (Å²) in [4.78, 5) is 4.01. The number of aromatic hydroxyl groups is 1. The van der Waals surface area contributed by atoms with Crippen LogP contribution < -0.4 is 0 Å². The standard InChI is InChI=1S/C10H9NO3/c12-5-8-6-14-10(11-8)7-2-1-3-9(13)4-7/h1-4,6,12-13H,5H2. The summed E-state index contributed by atoms with van der Waals surface area (Å²) in [6.45, 7) is -0.150. The van der Waals surface area contributed by atoms with E-state index in [4.69, 9.17) is 9.52 Å². The third-order valence-corrected chi connectivity index (χ3v) is 1.81. The number of aliphatic hydroxyl groups excluding tert-OH is 1. The summed E-state index contributed by atoms with van der Waals surface area (Å²) in [6.07, 6.45) is 1.39. The molecule has 1 heterocycles. The number of oxazole rings is 1. The van der Waals surface area contributed by atoms with E-state index < -0.39 is 0 Å². The number of aliphatic hydroxyl groups is 1. The summed E-state index contributed by atoms with van der Waals surface area (Å²) >= 11 is 0. The topological polar surface area (TPSA) is 66.5 Å². The maximum atomic E-state index is 9.22. The molecule has 0 amide bonds. The highest BCUT2D eigenvalue weighted by Crippen LogP contribution is 2.22. The fourth-order valence-corrected chi connectivity index (χ4v) is 1.15. The number of aromatic nitrogens is 1. The van der Waals surface area contributed by atoms with Crippen LogP contribution >= 0.6 is 0 Å². The number of hydrogen-bond acceptors (Lipinski definition) is 4. The van der Waals surface area contributed by atoms with Crippen molar-refractivity contribution < 1.29 is 14.6 Å². The summed E-state index contributed by atoms with van der Waals surface area (Å²) < 4.78 is 5.11. The van der Waals surface area contributed by atoms with Crippen molar-refractivity contribution in [1.29, 1.82) is 0 Å². The largest absolute Gasteiger partial charge is 0.508 e. The second-order valence-electron chi connectivity index (χ2n) is 2.85. The zero-order chi connectivity index (χ0) is 9.97. The van der Waals surface area contributed by atoms with Crippen LogP contribution in [-0.2, 0) is 6.61 Å². The molecule has 72 valence electrons. The first kappa shape index (κ1) is 8.77. The van der Waals surface area contributed by atoms with E-state index in [2.05, 4.69) is 4.98 Å². The Morgan fingerprint density at radius 3 is 2.86 bits per heavy atom. The summed E-state index contributed by atoms with van der Waals surface area (Å²) in [5, 5.41) is 18.0. The summed E-state index contributed by atoms with van der Waals surface area (Å²) in [7, 11) is 0. The summed E-state index contributed by atoms with van der Waals surface area (Å²) in [5.41, 5.74) is 1.16. The highest BCUT2D eigenvalue weighted by atomic mass is 16.3. The lowest BCUT2D eigenvalue weighted by molar-refractivity contribution is 0.276. The zero-order valence-electron chi connectivity index (χ0n) is 7.34. The van der Waals surface area contributed by atoms with Gasteiger partial charge in [0.1, 0.15) is 17.7 Å². The molecule has 1 aromatic carbocycles. The average Bonchev–Trinajstić information content (AvgIpc) is 2.66. The predicted molar refractivity (Wildman–Crippen MR) is 49.5 cm³/mol. The van der Waals surface area contributed by atoms with Gasteiger partial charge in [-0.25, -0.2) is 4.98 Å². The number of hydrogen-bond donors (Lipinski definition) is 2. The molecule has 2 aromatic rings. The van der Waals surface area contributed by atoms with E-state index in [0.29, 0.717) is 17.1 Å². The second kappa shape index (κ2) is 3.51. The quantitative estimate of drug-likeness (QED) is 0.755. The first-order valence-electron chi connectivity index (χ1n) is 4.14. The summed E-state index contributed by atoms with van der Waals surface area (Å²) in [6, 6.07) is 6.59. The molecule has 0 aliphatic rings. The van der Waals surface area contributed by atoms with Crippen LogP contribution in [0.3, 0.4) is 0 Å². The van der Waals surface area contributed by atoms with Crippen LogP contribution in [0.2, 0.25) is 0 Å². The molecule has 0 aliphatic carbocycles. The highest BCUT2D eigenvalue weighted by Gasteiger charge is 2.05. The van der Waals surface area contributed by atoms with E-state index in [1.807, 2.05) is 0 Å². The van der Waals surface area contributed by atoms with E-state index in [9.17, 15) is 5.11 Å². The van der Waals surface area contributed by atoms with Crippen LogP contribution in [0.15, 0.2) is 34.9 Å². The number of nitrogens with zero attached hydrogens (tertiary/aromatic N) is 1. The molecule has 0 atom stereocenters. The third-order valence-electron chi connectivity index (χ3n) is 1.81. The first-order chi connectivity index (χ1) is 6.79. The zero-order valence-corrected chi connectivity index (χ0v) is 7.34. The maximum absolute atomic E-state index is 9.22. The van der Waals surface area contributed by atoms with Crippen molar-refractivity contribution in [3.8, 4) is 17.2 Å². The Hall–Kier alpha value is -1.81. The van der Waals surface area contributed by atoms with Crippen LogP contribution in [0.1, 0.15) is 5.69 Å². The lowest BCUT2D eigenvalue weighted by Gasteiger charge is -1.95. The molecule has 0 aliphatic heterocycles. The van der Waals surface area contributed by atoms with Gasteiger partial charge in [-0.05, 0) is 18.2 Å². The van der Waals surface area contributed by atoms with Gasteiger partial charge in [0.15, 0.2) is 0 Å². The van der Waals surface area contributed by atoms with E-state index in [1.165, 1.54) is 6.26 Å². The molecule has 2 N–H and O–H groups in total. The normalized spacial score (nSPS) is 10.4. The molecule has 4 heteroatoms. The molecule has 0 saturated carbocycles. The number of phenolic OH excluding ortho intramolecular Hbond substituents is 1. The molecule has 1 aromatic heterocycles. The van der Waals surface area contributed by atoms with Crippen molar-refractivity contribution in [1.82, 2.24) is 4.98 Å². The SMILES string of the molecule is OCc1coc(-c2cccc(O)c2)n1. The van der Waals surface area contributed by atoms with Crippen LogP contribution in [0.5, 0.6) is 5.75 Å². The summed E-state index contributed by atoms with van der Waals surface area (Å²) in [5.74, 6) is 0.552. The number of rotatable bonds is 2. The fraction of sp³-hybridized carbons (Fsp3) is 0.100. The Labute approximate surface area is 80.5 Å². The minimum absolute atomic E-state index is 0.150. The number of benzene rings is 1. The van der Waals surface area contributed by atoms with E-state index in [1.54, 1.807) is 24.3 Å². The van der Waals surface area contributed by atoms with Crippen molar-refractivity contribution in [3.63, 3.8) is 0 Å². The molecule has 14 heavy (non-hydrogen) atoms. The lowest BCUT2D eigenvalue weighted by atomic mass is 10.2. The van der Waals surface area contributed by atoms with Crippen molar-refractivity contribution >= 4 is 0 Å². The number of phenols is 1. The van der Waals surface area contributed by atoms with Gasteiger partial charge in [-0.15, -0.1) is 0 Å². The third kappa shape index (κ3) is 1.60. The molecular formula is C10H9NO3. The molecular weight excluding hydrogens is 182 g/mol. The molecule has 0 bridgehead atoms. The van der Waals surface area contributed by atoms with Gasteiger partial charge in [0.2, 0.25) is 5.89 Å². The smallest absolute Gasteiger partial charge is 0.226 e. The van der Waals surface area contributed by atoms with Crippen molar-refractivity contribution in [3.05, 3.63) is 36.2 Å². The van der Waals surface area contributed by atoms with E-state index in [-0.39, 0.29) is 12.4 Å². The minimum Gasteiger partial charge on any atom is -0.508 e. The van der Waals surface area contributed by atoms with Crippen molar-refractivity contribution in [2.45, 2.75) is 6.61 Å². The molecule has 0 radical (unpaired) electrons. The highest BCUT2D eigenvalue weighted by molar-refractivity contribution is 5.55. The molecule has 0 spiro atoms. The van der Waals surface area contributed by atoms with Gasteiger partial charge < -0.3 is 14.6 Å². The minimum atomic E-state index is -0.150. The lowest BCUT2D eigenvalue weighted by Crippen LogP contribution is -1.82. The van der Waals surface area contributed by atoms with E-state index >= 15 is 0 Å². The van der Waals surface area contributed by atoms with Gasteiger partial charge in [-0.3, -0.25) is 0 Å². The van der Waals surface area contributed by atoms with Gasteiger partial charge in [0, 0.05) is 5.56 Å². The van der Waals surface area contributed by atoms with Gasteiger partial charge in [0.05, 0.1) is 6.61 Å². The first-order valence-corrected chi connectivity index (χ1v) is 4.14. The maximum Gasteiger partial charge on any atom is 0.226 e. The van der Waals surface area contributed by atoms with Crippen LogP contribution in [-0.4, -0.2) is 15.2 Å². The van der Waals surface area contributed by atoms with Crippen molar-refractivity contribution in [2.75, 3.05) is 0 Å². The molecule has 0 fully saturated rings. The van der Waals surface area contributed by atoms with Gasteiger partial charge in [-0.2, -0.15) is 0 Å².